The minimum Gasteiger partial charge on any atom is -0.489 e. The first-order valence-electron chi connectivity index (χ1n) is 48.9. The fourth-order valence-electron chi connectivity index (χ4n) is 15.4. The predicted octanol–water partition coefficient (Wildman–Crippen LogP) is 34.1. The molecular weight excluding hydrogens is 2070 g/mol. The lowest BCUT2D eigenvalue weighted by atomic mass is 9.98. The van der Waals surface area contributed by atoms with E-state index in [1.54, 1.807) is 74.5 Å². The molecule has 1 fully saturated rings. The summed E-state index contributed by atoms with van der Waals surface area (Å²) in [4.78, 5) is 74.1. The molecule has 147 heavy (non-hydrogen) atoms. The monoisotopic (exact) mass is 2200 g/mol. The number of carbonyl (C=O) groups excluding carboxylic acids is 6. The molecule has 0 atom stereocenters. The zero-order valence-corrected chi connectivity index (χ0v) is 96.0. The van der Waals surface area contributed by atoms with Gasteiger partial charge in [0.05, 0.1) is 70.0 Å². The average Bonchev–Trinajstić information content (AvgIpc) is 1.65. The second kappa shape index (κ2) is 57.5. The van der Waals surface area contributed by atoms with Crippen molar-refractivity contribution < 1.29 is 85.6 Å². The van der Waals surface area contributed by atoms with E-state index >= 15 is 0 Å². The first-order chi connectivity index (χ1) is 69.4. The molecule has 0 bridgehead atoms. The highest BCUT2D eigenvalue weighted by Gasteiger charge is 2.31. The van der Waals surface area contributed by atoms with Crippen LogP contribution in [0.15, 0.2) is 186 Å². The molecule has 0 heterocycles. The van der Waals surface area contributed by atoms with Crippen molar-refractivity contribution in [3.63, 3.8) is 0 Å². The number of esters is 6. The fourth-order valence-corrected chi connectivity index (χ4v) is 17.0. The molecule has 0 saturated heterocycles. The van der Waals surface area contributed by atoms with E-state index in [1.165, 1.54) is 5.56 Å². The Morgan fingerprint density at radius 3 is 0.748 bits per heavy atom. The normalized spacial score (nSPS) is 11.3. The van der Waals surface area contributed by atoms with Gasteiger partial charge in [0.25, 0.3) is 0 Å². The number of hydrogen-bond donors (Lipinski definition) is 0. The van der Waals surface area contributed by atoms with E-state index in [2.05, 4.69) is 28.9 Å². The molecule has 26 heteroatoms. The Kier molecular flexibility index (Phi) is 47.3. The van der Waals surface area contributed by atoms with Gasteiger partial charge in [-0.15, -0.1) is 0 Å². The summed E-state index contributed by atoms with van der Waals surface area (Å²) in [6.07, 6.45) is 2.11. The van der Waals surface area contributed by atoms with Crippen LogP contribution >= 0.6 is 97.1 Å². The van der Waals surface area contributed by atoms with Gasteiger partial charge in [-0.05, 0) is 379 Å². The van der Waals surface area contributed by atoms with E-state index in [4.69, 9.17) is 138 Å². The summed E-state index contributed by atoms with van der Waals surface area (Å²) in [5.41, 5.74) is 24.3. The second-order valence-electron chi connectivity index (χ2n) is 37.8. The van der Waals surface area contributed by atoms with Crippen LogP contribution in [0, 0.1) is 96.9 Å². The standard InChI is InChI=1S/C22H25ClO3.C21H25ClO3.2C20H23ClO3.C19H20BrClO3.C19H20Cl2O3/c1-13(2)26-22(24)18-7-5-6-17(16-8-9-16)19(18)12-25-21-11-20(23)14(3)10-15(21)4;1-6-16-8-7-9-17(21(23)25-13(2)3)18(16)12-24-20-11-19(22)14(4)10-15(20)5;2*1-12(2)24-20(22)16-8-6-7-13(3)17(16)11-23-19-10-18(21)14(4)9-15(19)5;2*1-11(2)24-19(22)14-6-5-7-16(20)15(14)10-23-18-9-17(21)12(3)8-13(18)4/h5-7,10-11,13,16H,8-9,12H2,1-4H3;7-11,13H,6,12H2,1-5H3;2*6-10,12H,11H2,1-5H3;2*5-9,11H,10H2,1-4H3. The second-order valence-corrected chi connectivity index (χ2v) is 41.5. The van der Waals surface area contributed by atoms with Crippen molar-refractivity contribution in [3.8, 4) is 34.5 Å². The molecule has 12 aromatic rings. The van der Waals surface area contributed by atoms with Gasteiger partial charge in [0.1, 0.15) is 74.1 Å². The smallest absolute Gasteiger partial charge is 0.338 e. The number of hydrogen-bond acceptors (Lipinski definition) is 18. The molecule has 0 aliphatic heterocycles. The maximum Gasteiger partial charge on any atom is 0.338 e. The summed E-state index contributed by atoms with van der Waals surface area (Å²) < 4.78 is 68.6. The Morgan fingerprint density at radius 2 is 0.469 bits per heavy atom. The number of carbonyl (C=O) groups is 6. The molecule has 0 radical (unpaired) electrons. The van der Waals surface area contributed by atoms with Gasteiger partial charge in [0.2, 0.25) is 0 Å². The van der Waals surface area contributed by atoms with Crippen LogP contribution in [0.1, 0.15) is 293 Å². The lowest BCUT2D eigenvalue weighted by Gasteiger charge is -2.17. The molecule has 1 aliphatic rings. The van der Waals surface area contributed by atoms with Crippen LogP contribution in [0.4, 0.5) is 0 Å². The number of ether oxygens (including phenoxy) is 12. The third kappa shape index (κ3) is 36.3. The average molecular weight is 2210 g/mol. The van der Waals surface area contributed by atoms with Crippen molar-refractivity contribution in [2.45, 2.75) is 288 Å². The van der Waals surface area contributed by atoms with Crippen LogP contribution in [-0.2, 0) is 74.5 Å². The highest BCUT2D eigenvalue weighted by molar-refractivity contribution is 9.10. The quantitative estimate of drug-likeness (QED) is 0.0283. The van der Waals surface area contributed by atoms with Gasteiger partial charge >= 0.3 is 35.8 Å². The van der Waals surface area contributed by atoms with Crippen molar-refractivity contribution >= 4 is 133 Å². The Balaban J connectivity index is 0.000000215. The van der Waals surface area contributed by atoms with E-state index in [0.717, 1.165) is 158 Å². The van der Waals surface area contributed by atoms with Crippen molar-refractivity contribution in [2.24, 2.45) is 0 Å². The third-order valence-electron chi connectivity index (χ3n) is 23.3. The molecule has 1 saturated carbocycles. The minimum absolute atomic E-state index is 0.154. The summed E-state index contributed by atoms with van der Waals surface area (Å²) in [5.74, 6) is 2.75. The number of halogens is 8. The van der Waals surface area contributed by atoms with Crippen LogP contribution in [0.3, 0.4) is 0 Å². The van der Waals surface area contributed by atoms with E-state index in [1.807, 2.05) is 281 Å². The molecule has 0 N–H and O–H groups in total. The highest BCUT2D eigenvalue weighted by Crippen LogP contribution is 2.44. The summed E-state index contributed by atoms with van der Waals surface area (Å²) in [5, 5.41) is 4.43. The van der Waals surface area contributed by atoms with Crippen molar-refractivity contribution in [1.82, 2.24) is 0 Å². The van der Waals surface area contributed by atoms with E-state index in [9.17, 15) is 28.8 Å². The Bertz CT molecular complexity index is 6120. The lowest BCUT2D eigenvalue weighted by molar-refractivity contribution is 0.0364. The molecule has 0 spiro atoms. The molecule has 13 rings (SSSR count). The van der Waals surface area contributed by atoms with Crippen LogP contribution in [0.25, 0.3) is 0 Å². The van der Waals surface area contributed by atoms with E-state index in [-0.39, 0.29) is 92.9 Å². The van der Waals surface area contributed by atoms with E-state index in [0.29, 0.717) is 105 Å². The first-order valence-corrected chi connectivity index (χ1v) is 52.4. The molecule has 0 unspecified atom stereocenters. The molecule has 0 aromatic heterocycles. The summed E-state index contributed by atoms with van der Waals surface area (Å²) in [6.45, 7) is 53.2. The van der Waals surface area contributed by atoms with Gasteiger partial charge in [0, 0.05) is 73.0 Å². The Morgan fingerprint density at radius 1 is 0.252 bits per heavy atom. The van der Waals surface area contributed by atoms with Crippen molar-refractivity contribution in [2.75, 3.05) is 0 Å². The van der Waals surface area contributed by atoms with Crippen LogP contribution in [0.2, 0.25) is 35.2 Å². The molecule has 1 aliphatic carbocycles. The van der Waals surface area contributed by atoms with E-state index < -0.39 is 5.97 Å². The molecular formula is C121H136BrCl7O18. The van der Waals surface area contributed by atoms with Crippen LogP contribution in [-0.4, -0.2) is 72.4 Å². The van der Waals surface area contributed by atoms with Gasteiger partial charge in [-0.2, -0.15) is 0 Å². The zero-order chi connectivity index (χ0) is 109. The van der Waals surface area contributed by atoms with Crippen LogP contribution < -0.4 is 28.4 Å². The van der Waals surface area contributed by atoms with Gasteiger partial charge in [-0.25, -0.2) is 28.8 Å². The van der Waals surface area contributed by atoms with Crippen LogP contribution in [0.5, 0.6) is 34.5 Å². The first kappa shape index (κ1) is 121. The molecule has 12 aromatic carbocycles. The molecule has 0 amide bonds. The van der Waals surface area contributed by atoms with Crippen molar-refractivity contribution in [1.29, 1.82) is 0 Å². The minimum atomic E-state index is -0.412. The highest BCUT2D eigenvalue weighted by atomic mass is 79.9. The topological polar surface area (TPSA) is 213 Å². The summed E-state index contributed by atoms with van der Waals surface area (Å²) in [7, 11) is 0. The molecule has 18 nitrogen and oxygen atoms in total. The predicted molar refractivity (Wildman–Crippen MR) is 597 cm³/mol. The van der Waals surface area contributed by atoms with Crippen molar-refractivity contribution in [3.05, 3.63) is 377 Å². The summed E-state index contributed by atoms with van der Waals surface area (Å²) >= 11 is 46.9. The summed E-state index contributed by atoms with van der Waals surface area (Å²) in [6, 6.07) is 56.0. The third-order valence-corrected chi connectivity index (χ3v) is 26.8. The maximum atomic E-state index is 12.5. The number of rotatable bonds is 32. The fraction of sp³-hybridized carbons (Fsp3) is 0.355. The lowest BCUT2D eigenvalue weighted by Crippen LogP contribution is -2.16. The van der Waals surface area contributed by atoms with Gasteiger partial charge < -0.3 is 56.8 Å². The van der Waals surface area contributed by atoms with Gasteiger partial charge in [-0.3, -0.25) is 0 Å². The SMILES string of the molecule is CCc1cccc(C(=O)OC(C)C)c1COc1cc(Cl)c(C)cc1C.Cc1cc(C)c(OCc2c(Br)cccc2C(=O)OC(C)C)cc1Cl.Cc1cc(C)c(OCc2c(C(=O)OC(C)C)cccc2C2CC2)cc1Cl.Cc1cc(C)c(OCc2c(C)cccc2C(=O)OC(C)C)cc1Cl.Cc1cc(C)c(OCc2c(C)cccc2C(=O)OC(C)C)cc1Cl.Cc1cc(C)c(OCc2c(Cl)cccc2C(=O)OC(C)C)cc1Cl. The Hall–Kier alpha value is -11.2. The number of benzene rings is 12. The Labute approximate surface area is 911 Å². The molecule has 784 valence electrons. The largest absolute Gasteiger partial charge is 0.489 e. The number of aryl methyl sites for hydroxylation is 15. The van der Waals surface area contributed by atoms with Gasteiger partial charge in [0.15, 0.2) is 0 Å². The zero-order valence-electron chi connectivity index (χ0n) is 89.1. The maximum absolute atomic E-state index is 12.5. The van der Waals surface area contributed by atoms with Gasteiger partial charge in [-0.1, -0.05) is 201 Å².